The number of amidine groups is 1. The predicted octanol–water partition coefficient (Wildman–Crippen LogP) is 1.90. The van der Waals surface area contributed by atoms with Gasteiger partial charge < -0.3 is 21.1 Å². The smallest absolute Gasteiger partial charge is 0.319 e. The molecule has 6 nitrogen and oxygen atoms in total. The van der Waals surface area contributed by atoms with Crippen LogP contribution < -0.4 is 21.1 Å². The molecule has 1 aromatic rings. The van der Waals surface area contributed by atoms with E-state index in [-0.39, 0.29) is 11.9 Å². The summed E-state index contributed by atoms with van der Waals surface area (Å²) in [6.45, 7) is 2.65. The molecular weight excluding hydrogens is 244 g/mol. The first-order valence-corrected chi connectivity index (χ1v) is 6.16. The molecule has 19 heavy (non-hydrogen) atoms. The molecule has 0 aliphatic rings. The van der Waals surface area contributed by atoms with Crippen molar-refractivity contribution in [1.29, 1.82) is 5.41 Å². The summed E-state index contributed by atoms with van der Waals surface area (Å²) in [6.07, 6.45) is 1.92. The number of carbonyl (C=O) groups is 1. The maximum atomic E-state index is 11.7. The van der Waals surface area contributed by atoms with Crippen molar-refractivity contribution in [2.45, 2.75) is 19.8 Å². The Morgan fingerprint density at radius 2 is 2.21 bits per heavy atom. The highest BCUT2D eigenvalue weighted by Gasteiger charge is 2.13. The van der Waals surface area contributed by atoms with E-state index in [9.17, 15) is 4.79 Å². The number of nitrogens with two attached hydrogens (primary N) is 1. The van der Waals surface area contributed by atoms with Gasteiger partial charge in [0.25, 0.3) is 0 Å². The molecular formula is C13H20N4O2. The number of benzene rings is 1. The summed E-state index contributed by atoms with van der Waals surface area (Å²) in [4.78, 5) is 11.7. The summed E-state index contributed by atoms with van der Waals surface area (Å²) in [6, 6.07) is 4.75. The number of urea groups is 1. The number of unbranched alkanes of at least 4 members (excludes halogenated alkanes) is 1. The Morgan fingerprint density at radius 3 is 2.79 bits per heavy atom. The van der Waals surface area contributed by atoms with Crippen molar-refractivity contribution in [1.82, 2.24) is 5.32 Å². The van der Waals surface area contributed by atoms with E-state index in [1.54, 1.807) is 18.2 Å². The number of para-hydroxylation sites is 1. The molecule has 0 bridgehead atoms. The normalized spacial score (nSPS) is 9.79. The molecule has 0 atom stereocenters. The average molecular weight is 264 g/mol. The Balaban J connectivity index is 2.86. The second-order valence-corrected chi connectivity index (χ2v) is 4.03. The van der Waals surface area contributed by atoms with E-state index < -0.39 is 0 Å². The number of carbonyl (C=O) groups excluding carboxylic acids is 1. The molecule has 0 heterocycles. The molecule has 1 rings (SSSR count). The molecule has 0 spiro atoms. The number of nitrogens with one attached hydrogen (secondary N) is 3. The molecule has 0 fully saturated rings. The number of hydrogen-bond acceptors (Lipinski definition) is 3. The van der Waals surface area contributed by atoms with Gasteiger partial charge in [-0.1, -0.05) is 19.4 Å². The third kappa shape index (κ3) is 4.17. The van der Waals surface area contributed by atoms with Crippen LogP contribution in [0.4, 0.5) is 10.5 Å². The van der Waals surface area contributed by atoms with Gasteiger partial charge in [0.1, 0.15) is 11.6 Å². The lowest BCUT2D eigenvalue weighted by molar-refractivity contribution is 0.252. The Labute approximate surface area is 112 Å². The zero-order valence-corrected chi connectivity index (χ0v) is 11.2. The van der Waals surface area contributed by atoms with Crippen molar-refractivity contribution in [3.8, 4) is 5.75 Å². The number of nitrogen functional groups attached to an aromatic ring is 1. The highest BCUT2D eigenvalue weighted by Crippen LogP contribution is 2.27. The van der Waals surface area contributed by atoms with E-state index in [2.05, 4.69) is 10.6 Å². The Kier molecular flexibility index (Phi) is 5.66. The fourth-order valence-electron chi connectivity index (χ4n) is 1.59. The fraction of sp³-hybridized carbons (Fsp3) is 0.385. The zero-order chi connectivity index (χ0) is 14.3. The highest BCUT2D eigenvalue weighted by molar-refractivity contribution is 6.05. The van der Waals surface area contributed by atoms with E-state index in [1.807, 2.05) is 6.92 Å². The summed E-state index contributed by atoms with van der Waals surface area (Å²) in [5, 5.41) is 12.9. The van der Waals surface area contributed by atoms with Crippen molar-refractivity contribution in [3.63, 3.8) is 0 Å². The summed E-state index contributed by atoms with van der Waals surface area (Å²) in [5.74, 6) is 0.348. The molecule has 0 saturated carbocycles. The van der Waals surface area contributed by atoms with Gasteiger partial charge in [-0.3, -0.25) is 5.41 Å². The van der Waals surface area contributed by atoms with E-state index >= 15 is 0 Å². The molecule has 5 N–H and O–H groups in total. The van der Waals surface area contributed by atoms with Gasteiger partial charge in [-0.15, -0.1) is 0 Å². The van der Waals surface area contributed by atoms with Crippen LogP contribution in [0, 0.1) is 5.41 Å². The first-order valence-electron chi connectivity index (χ1n) is 6.16. The molecule has 0 aliphatic heterocycles. The molecule has 2 amide bonds. The molecule has 0 radical (unpaired) electrons. The summed E-state index contributed by atoms with van der Waals surface area (Å²) < 4.78 is 5.17. The molecule has 6 heteroatoms. The van der Waals surface area contributed by atoms with Crippen LogP contribution in [0.3, 0.4) is 0 Å². The van der Waals surface area contributed by atoms with Crippen LogP contribution in [-0.2, 0) is 0 Å². The second kappa shape index (κ2) is 7.25. The average Bonchev–Trinajstić information content (AvgIpc) is 2.39. The predicted molar refractivity (Wildman–Crippen MR) is 75.9 cm³/mol. The van der Waals surface area contributed by atoms with Gasteiger partial charge in [-0.2, -0.15) is 0 Å². The third-order valence-corrected chi connectivity index (χ3v) is 2.59. The lowest BCUT2D eigenvalue weighted by atomic mass is 10.1. The van der Waals surface area contributed by atoms with Crippen LogP contribution in [0.15, 0.2) is 18.2 Å². The van der Waals surface area contributed by atoms with Gasteiger partial charge in [0.15, 0.2) is 0 Å². The number of amides is 2. The summed E-state index contributed by atoms with van der Waals surface area (Å²) in [7, 11) is 1.50. The van der Waals surface area contributed by atoms with Crippen LogP contribution in [0.1, 0.15) is 25.3 Å². The second-order valence-electron chi connectivity index (χ2n) is 4.03. The Hall–Kier alpha value is -2.24. The zero-order valence-electron chi connectivity index (χ0n) is 11.2. The van der Waals surface area contributed by atoms with Gasteiger partial charge in [0, 0.05) is 12.1 Å². The molecule has 1 aromatic carbocycles. The van der Waals surface area contributed by atoms with Crippen LogP contribution in [0.5, 0.6) is 5.75 Å². The quantitative estimate of drug-likeness (QED) is 0.358. The molecule has 0 aliphatic carbocycles. The lowest BCUT2D eigenvalue weighted by Gasteiger charge is -2.14. The number of hydrogen-bond donors (Lipinski definition) is 4. The maximum Gasteiger partial charge on any atom is 0.319 e. The standard InChI is InChI=1S/C13H20N4O2/c1-3-4-8-16-13(18)17-11-9(12(14)15)6-5-7-10(11)19-2/h5-7H,3-4,8H2,1-2H3,(H3,14,15)(H2,16,17,18). The molecule has 0 unspecified atom stereocenters. The third-order valence-electron chi connectivity index (χ3n) is 2.59. The van der Waals surface area contributed by atoms with E-state index in [4.69, 9.17) is 15.9 Å². The maximum absolute atomic E-state index is 11.7. The van der Waals surface area contributed by atoms with Crippen molar-refractivity contribution < 1.29 is 9.53 Å². The Bertz CT molecular complexity index is 460. The van der Waals surface area contributed by atoms with E-state index in [0.29, 0.717) is 23.5 Å². The minimum absolute atomic E-state index is 0.122. The minimum atomic E-state index is -0.333. The van der Waals surface area contributed by atoms with E-state index in [0.717, 1.165) is 12.8 Å². The highest BCUT2D eigenvalue weighted by atomic mass is 16.5. The Morgan fingerprint density at radius 1 is 1.47 bits per heavy atom. The van der Waals surface area contributed by atoms with Gasteiger partial charge in [0.05, 0.1) is 12.8 Å². The van der Waals surface area contributed by atoms with Gasteiger partial charge in [-0.25, -0.2) is 4.79 Å². The number of rotatable bonds is 6. The first-order chi connectivity index (χ1) is 9.10. The first kappa shape index (κ1) is 14.8. The largest absolute Gasteiger partial charge is 0.495 e. The minimum Gasteiger partial charge on any atom is -0.495 e. The van der Waals surface area contributed by atoms with Crippen LogP contribution in [-0.4, -0.2) is 25.5 Å². The lowest BCUT2D eigenvalue weighted by Crippen LogP contribution is -2.30. The number of anilines is 1. The molecule has 0 aromatic heterocycles. The topological polar surface area (TPSA) is 100 Å². The monoisotopic (exact) mass is 264 g/mol. The summed E-state index contributed by atoms with van der Waals surface area (Å²) in [5.41, 5.74) is 6.34. The van der Waals surface area contributed by atoms with Crippen molar-refractivity contribution in [3.05, 3.63) is 23.8 Å². The van der Waals surface area contributed by atoms with Crippen LogP contribution in [0.2, 0.25) is 0 Å². The van der Waals surface area contributed by atoms with Crippen molar-refractivity contribution in [2.24, 2.45) is 5.73 Å². The number of ether oxygens (including phenoxy) is 1. The summed E-state index contributed by atoms with van der Waals surface area (Å²) >= 11 is 0. The van der Waals surface area contributed by atoms with Gasteiger partial charge in [0.2, 0.25) is 0 Å². The van der Waals surface area contributed by atoms with Crippen molar-refractivity contribution >= 4 is 17.6 Å². The SMILES string of the molecule is CCCCNC(=O)Nc1c(OC)cccc1C(=N)N. The fourth-order valence-corrected chi connectivity index (χ4v) is 1.59. The van der Waals surface area contributed by atoms with Crippen LogP contribution in [0.25, 0.3) is 0 Å². The van der Waals surface area contributed by atoms with Crippen LogP contribution >= 0.6 is 0 Å². The number of methoxy groups -OCH3 is 1. The van der Waals surface area contributed by atoms with Crippen molar-refractivity contribution in [2.75, 3.05) is 19.0 Å². The molecule has 0 saturated heterocycles. The van der Waals surface area contributed by atoms with E-state index in [1.165, 1.54) is 7.11 Å². The molecule has 104 valence electrons. The van der Waals surface area contributed by atoms with Gasteiger partial charge >= 0.3 is 6.03 Å². The van der Waals surface area contributed by atoms with Gasteiger partial charge in [-0.05, 0) is 18.6 Å².